The summed E-state index contributed by atoms with van der Waals surface area (Å²) in [5.74, 6) is 0. The maximum absolute atomic E-state index is 10.7. The zero-order valence-corrected chi connectivity index (χ0v) is 20.7. The molecular formula is C18H34O20S. The molecule has 3 aliphatic rings. The van der Waals surface area contributed by atoms with E-state index in [9.17, 15) is 56.2 Å². The highest BCUT2D eigenvalue weighted by Crippen LogP contribution is 2.32. The van der Waals surface area contributed by atoms with Crippen molar-refractivity contribution in [2.75, 3.05) is 19.8 Å². The van der Waals surface area contributed by atoms with Crippen LogP contribution in [0.25, 0.3) is 0 Å². The number of ether oxygens (including phenoxy) is 5. The maximum atomic E-state index is 10.7. The van der Waals surface area contributed by atoms with Crippen molar-refractivity contribution in [3.63, 3.8) is 0 Å². The van der Waals surface area contributed by atoms with Crippen LogP contribution in [0.15, 0.2) is 0 Å². The molecule has 3 saturated heterocycles. The van der Waals surface area contributed by atoms with Crippen molar-refractivity contribution in [3.05, 3.63) is 0 Å². The summed E-state index contributed by atoms with van der Waals surface area (Å²) in [7, 11) is -4.67. The molecule has 0 bridgehead atoms. The zero-order valence-electron chi connectivity index (χ0n) is 19.9. The largest absolute Gasteiger partial charge is 0.394 e. The van der Waals surface area contributed by atoms with Crippen LogP contribution in [0.4, 0.5) is 0 Å². The molecule has 0 aromatic heterocycles. The number of aliphatic hydroxyl groups is 11. The molecular weight excluding hydrogens is 568 g/mol. The monoisotopic (exact) mass is 602 g/mol. The van der Waals surface area contributed by atoms with E-state index >= 15 is 0 Å². The van der Waals surface area contributed by atoms with Crippen LogP contribution in [-0.2, 0) is 34.1 Å². The third-order valence-corrected chi connectivity index (χ3v) is 6.09. The fraction of sp³-hybridized carbons (Fsp3) is 1.00. The SMILES string of the molecule is O=S(=O)(O)O.OCC1OC(OC2C(O)C(CO)OC(OC3C(O)C(O)OC(CO)C3O)C2O)C(O)C(O)C1O. The molecule has 0 aromatic rings. The van der Waals surface area contributed by atoms with Gasteiger partial charge in [0.05, 0.1) is 19.8 Å². The smallest absolute Gasteiger partial charge is 0.394 e. The second-order valence-corrected chi connectivity index (χ2v) is 9.68. The summed E-state index contributed by atoms with van der Waals surface area (Å²) in [5, 5.41) is 110. The zero-order chi connectivity index (χ0) is 29.8. The predicted molar refractivity (Wildman–Crippen MR) is 115 cm³/mol. The van der Waals surface area contributed by atoms with Crippen molar-refractivity contribution in [2.24, 2.45) is 0 Å². The summed E-state index contributed by atoms with van der Waals surface area (Å²) < 4.78 is 57.8. The average molecular weight is 603 g/mol. The summed E-state index contributed by atoms with van der Waals surface area (Å²) in [6, 6.07) is 0. The van der Waals surface area contributed by atoms with E-state index < -0.39 is 122 Å². The molecule has 0 aromatic carbocycles. The first-order valence-corrected chi connectivity index (χ1v) is 12.7. The topological polar surface area (TPSA) is 343 Å². The van der Waals surface area contributed by atoms with Gasteiger partial charge in [-0.05, 0) is 0 Å². The fourth-order valence-electron chi connectivity index (χ4n) is 4.04. The molecule has 0 saturated carbocycles. The molecule has 3 rings (SSSR count). The molecule has 3 heterocycles. The second kappa shape index (κ2) is 14.4. The van der Waals surface area contributed by atoms with Crippen LogP contribution in [0, 0.1) is 0 Å². The van der Waals surface area contributed by atoms with Crippen LogP contribution in [0.5, 0.6) is 0 Å². The highest BCUT2D eigenvalue weighted by Gasteiger charge is 2.53. The van der Waals surface area contributed by atoms with Crippen molar-refractivity contribution >= 4 is 10.4 Å². The van der Waals surface area contributed by atoms with E-state index in [2.05, 4.69) is 0 Å². The Morgan fingerprint density at radius 2 is 0.872 bits per heavy atom. The van der Waals surface area contributed by atoms with E-state index in [1.807, 2.05) is 0 Å². The summed E-state index contributed by atoms with van der Waals surface area (Å²) >= 11 is 0. The van der Waals surface area contributed by atoms with Gasteiger partial charge in [0.1, 0.15) is 73.2 Å². The van der Waals surface area contributed by atoms with Gasteiger partial charge in [-0.2, -0.15) is 8.42 Å². The molecule has 15 atom stereocenters. The molecule has 21 heteroatoms. The lowest BCUT2D eigenvalue weighted by Gasteiger charge is -2.47. The number of hydrogen-bond donors (Lipinski definition) is 13. The van der Waals surface area contributed by atoms with Gasteiger partial charge < -0.3 is 79.9 Å². The molecule has 3 aliphatic heterocycles. The molecule has 232 valence electrons. The van der Waals surface area contributed by atoms with E-state index in [0.29, 0.717) is 0 Å². The van der Waals surface area contributed by atoms with Gasteiger partial charge in [-0.3, -0.25) is 9.11 Å². The number of rotatable bonds is 7. The quantitative estimate of drug-likeness (QED) is 0.120. The van der Waals surface area contributed by atoms with Gasteiger partial charge >= 0.3 is 10.4 Å². The van der Waals surface area contributed by atoms with Gasteiger partial charge in [0.2, 0.25) is 0 Å². The first-order valence-electron chi connectivity index (χ1n) is 11.3. The predicted octanol–water partition coefficient (Wildman–Crippen LogP) is -8.23. The van der Waals surface area contributed by atoms with Crippen LogP contribution in [0.1, 0.15) is 0 Å². The lowest BCUT2D eigenvalue weighted by molar-refractivity contribution is -0.379. The highest BCUT2D eigenvalue weighted by atomic mass is 32.3. The molecule has 39 heavy (non-hydrogen) atoms. The third kappa shape index (κ3) is 8.62. The Kier molecular flexibility index (Phi) is 12.7. The summed E-state index contributed by atoms with van der Waals surface area (Å²) in [4.78, 5) is 0. The second-order valence-electron chi connectivity index (χ2n) is 8.78. The first kappa shape index (κ1) is 34.4. The Bertz CT molecular complexity index is 837. The lowest BCUT2D eigenvalue weighted by atomic mass is 9.96. The minimum atomic E-state index is -4.67. The van der Waals surface area contributed by atoms with E-state index in [1.165, 1.54) is 0 Å². The van der Waals surface area contributed by atoms with E-state index in [0.717, 1.165) is 0 Å². The van der Waals surface area contributed by atoms with Gasteiger partial charge in [0.25, 0.3) is 0 Å². The summed E-state index contributed by atoms with van der Waals surface area (Å²) in [6.45, 7) is -2.33. The standard InChI is InChI=1S/C18H32O16.H2O4S/c19-1-4-7(22)10(25)11(26)17(31-4)34-15-9(24)6(3-21)32-18(13(15)28)33-14-8(23)5(2-20)30-16(29)12(14)27;1-5(2,3)4/h4-29H,1-3H2;(H2,1,2,3,4). The first-order chi connectivity index (χ1) is 18.0. The van der Waals surface area contributed by atoms with Crippen LogP contribution >= 0.6 is 0 Å². The summed E-state index contributed by atoms with van der Waals surface area (Å²) in [5.41, 5.74) is 0. The Morgan fingerprint density at radius 3 is 1.31 bits per heavy atom. The van der Waals surface area contributed by atoms with Crippen molar-refractivity contribution in [2.45, 2.75) is 92.1 Å². The van der Waals surface area contributed by atoms with Crippen molar-refractivity contribution < 1.29 is 97.4 Å². The molecule has 0 aliphatic carbocycles. The minimum absolute atomic E-state index is 0.750. The maximum Gasteiger partial charge on any atom is 0.394 e. The van der Waals surface area contributed by atoms with Crippen LogP contribution in [0.2, 0.25) is 0 Å². The highest BCUT2D eigenvalue weighted by molar-refractivity contribution is 7.79. The normalized spacial score (nSPS) is 47.3. The van der Waals surface area contributed by atoms with Crippen LogP contribution < -0.4 is 0 Å². The fourth-order valence-corrected chi connectivity index (χ4v) is 4.04. The number of hydrogen-bond acceptors (Lipinski definition) is 18. The van der Waals surface area contributed by atoms with Crippen molar-refractivity contribution in [1.82, 2.24) is 0 Å². The van der Waals surface area contributed by atoms with Gasteiger partial charge in [-0.15, -0.1) is 0 Å². The van der Waals surface area contributed by atoms with Crippen molar-refractivity contribution in [3.8, 4) is 0 Å². The van der Waals surface area contributed by atoms with Gasteiger partial charge in [0.15, 0.2) is 18.9 Å². The third-order valence-electron chi connectivity index (χ3n) is 6.09. The number of aliphatic hydroxyl groups excluding tert-OH is 11. The Morgan fingerprint density at radius 1 is 0.513 bits per heavy atom. The molecule has 15 unspecified atom stereocenters. The van der Waals surface area contributed by atoms with Crippen LogP contribution in [-0.4, -0.2) is 186 Å². The molecule has 0 amide bonds. The average Bonchev–Trinajstić information content (AvgIpc) is 2.86. The van der Waals surface area contributed by atoms with Gasteiger partial charge in [0, 0.05) is 0 Å². The van der Waals surface area contributed by atoms with Crippen molar-refractivity contribution in [1.29, 1.82) is 0 Å². The summed E-state index contributed by atoms with van der Waals surface area (Å²) in [6.07, 6.45) is -25.5. The van der Waals surface area contributed by atoms with E-state index in [4.69, 9.17) is 41.2 Å². The van der Waals surface area contributed by atoms with E-state index in [-0.39, 0.29) is 0 Å². The minimum Gasteiger partial charge on any atom is -0.394 e. The molecule has 0 radical (unpaired) electrons. The molecule has 13 N–H and O–H groups in total. The van der Waals surface area contributed by atoms with E-state index in [1.54, 1.807) is 0 Å². The Balaban J connectivity index is 0.000000976. The molecule has 3 fully saturated rings. The molecule has 0 spiro atoms. The molecule has 20 nitrogen and oxygen atoms in total. The van der Waals surface area contributed by atoms with Gasteiger partial charge in [-0.1, -0.05) is 0 Å². The lowest BCUT2D eigenvalue weighted by Crippen LogP contribution is -2.66. The Hall–Kier alpha value is -0.770. The van der Waals surface area contributed by atoms with Gasteiger partial charge in [-0.25, -0.2) is 0 Å². The van der Waals surface area contributed by atoms with Crippen LogP contribution in [0.3, 0.4) is 0 Å². The Labute approximate surface area is 220 Å².